The number of nitrogens with one attached hydrogen (secondary N) is 1. The van der Waals surface area contributed by atoms with Gasteiger partial charge in [0.2, 0.25) is 0 Å². The van der Waals surface area contributed by atoms with Gasteiger partial charge in [0, 0.05) is 0 Å². The molecule has 0 spiro atoms. The van der Waals surface area contributed by atoms with Crippen LogP contribution in [0.1, 0.15) is 24.8 Å². The zero-order valence-corrected chi connectivity index (χ0v) is 10.0. The summed E-state index contributed by atoms with van der Waals surface area (Å²) in [4.78, 5) is 0. The Kier molecular flexibility index (Phi) is 4.23. The lowest BCUT2D eigenvalue weighted by atomic mass is 10.1. The van der Waals surface area contributed by atoms with Crippen molar-refractivity contribution in [3.8, 4) is 5.75 Å². The van der Waals surface area contributed by atoms with Gasteiger partial charge in [0.15, 0.2) is 0 Å². The maximum atomic E-state index is 5.20. The molecule has 0 atom stereocenters. The summed E-state index contributed by atoms with van der Waals surface area (Å²) in [5.41, 5.74) is 1.35. The summed E-state index contributed by atoms with van der Waals surface area (Å²) in [6, 6.07) is 8.32. The van der Waals surface area contributed by atoms with E-state index in [2.05, 4.69) is 23.5 Å². The summed E-state index contributed by atoms with van der Waals surface area (Å²) in [5, 5.41) is 3.50. The third kappa shape index (κ3) is 3.86. The molecule has 0 amide bonds. The van der Waals surface area contributed by atoms with Crippen LogP contribution in [0.25, 0.3) is 0 Å². The molecule has 1 aromatic rings. The van der Waals surface area contributed by atoms with Crippen molar-refractivity contribution in [3.63, 3.8) is 0 Å². The minimum absolute atomic E-state index is 0.954. The topological polar surface area (TPSA) is 21.3 Å². The second-order valence-electron chi connectivity index (χ2n) is 4.58. The number of hydrogen-bond donors (Lipinski definition) is 1. The van der Waals surface area contributed by atoms with Crippen molar-refractivity contribution in [2.45, 2.75) is 25.7 Å². The van der Waals surface area contributed by atoms with Crippen LogP contribution in [0.4, 0.5) is 0 Å². The highest BCUT2D eigenvalue weighted by atomic mass is 16.5. The first kappa shape index (κ1) is 11.5. The third-order valence-corrected chi connectivity index (χ3v) is 3.15. The maximum absolute atomic E-state index is 5.20. The Bertz CT molecular complexity index is 320. The second-order valence-corrected chi connectivity index (χ2v) is 4.58. The van der Waals surface area contributed by atoms with Gasteiger partial charge >= 0.3 is 0 Å². The SMILES string of the molecule is COc1cccc(CCNCCC2CC2)c1. The van der Waals surface area contributed by atoms with Gasteiger partial charge in [0.05, 0.1) is 7.11 Å². The molecule has 0 saturated heterocycles. The molecule has 2 rings (SSSR count). The van der Waals surface area contributed by atoms with Gasteiger partial charge in [0.25, 0.3) is 0 Å². The molecule has 2 heteroatoms. The van der Waals surface area contributed by atoms with Gasteiger partial charge in [-0.15, -0.1) is 0 Å². The molecule has 0 unspecified atom stereocenters. The molecule has 2 nitrogen and oxygen atoms in total. The largest absolute Gasteiger partial charge is 0.497 e. The Morgan fingerprint density at radius 2 is 2.19 bits per heavy atom. The molecule has 1 fully saturated rings. The zero-order chi connectivity index (χ0) is 11.2. The Hall–Kier alpha value is -1.02. The van der Waals surface area contributed by atoms with Crippen molar-refractivity contribution >= 4 is 0 Å². The van der Waals surface area contributed by atoms with Crippen LogP contribution in [0.2, 0.25) is 0 Å². The fourth-order valence-corrected chi connectivity index (χ4v) is 1.90. The number of rotatable bonds is 7. The Labute approximate surface area is 98.0 Å². The minimum Gasteiger partial charge on any atom is -0.497 e. The highest BCUT2D eigenvalue weighted by molar-refractivity contribution is 5.28. The zero-order valence-electron chi connectivity index (χ0n) is 10.0. The van der Waals surface area contributed by atoms with E-state index in [0.29, 0.717) is 0 Å². The van der Waals surface area contributed by atoms with E-state index in [-0.39, 0.29) is 0 Å². The van der Waals surface area contributed by atoms with Gasteiger partial charge in [-0.3, -0.25) is 0 Å². The van der Waals surface area contributed by atoms with Crippen molar-refractivity contribution in [3.05, 3.63) is 29.8 Å². The molecule has 1 aliphatic rings. The highest BCUT2D eigenvalue weighted by Crippen LogP contribution is 2.31. The van der Waals surface area contributed by atoms with Crippen LogP contribution in [0.3, 0.4) is 0 Å². The highest BCUT2D eigenvalue weighted by Gasteiger charge is 2.19. The van der Waals surface area contributed by atoms with Gasteiger partial charge < -0.3 is 10.1 Å². The Morgan fingerprint density at radius 3 is 2.94 bits per heavy atom. The van der Waals surface area contributed by atoms with Crippen molar-refractivity contribution in [2.24, 2.45) is 5.92 Å². The molecule has 0 aliphatic heterocycles. The van der Waals surface area contributed by atoms with E-state index >= 15 is 0 Å². The van der Waals surface area contributed by atoms with E-state index in [0.717, 1.165) is 24.6 Å². The predicted octanol–water partition coefficient (Wildman–Crippen LogP) is 2.63. The standard InChI is InChI=1S/C14H21NO/c1-16-14-4-2-3-13(11-14)8-10-15-9-7-12-5-6-12/h2-4,11-12,15H,5-10H2,1H3. The third-order valence-electron chi connectivity index (χ3n) is 3.15. The first-order valence-electron chi connectivity index (χ1n) is 6.22. The molecular weight excluding hydrogens is 198 g/mol. The minimum atomic E-state index is 0.954. The van der Waals surface area contributed by atoms with E-state index < -0.39 is 0 Å². The fraction of sp³-hybridized carbons (Fsp3) is 0.571. The van der Waals surface area contributed by atoms with Crippen LogP contribution in [-0.4, -0.2) is 20.2 Å². The van der Waals surface area contributed by atoms with Gasteiger partial charge in [0.1, 0.15) is 5.75 Å². The number of methoxy groups -OCH3 is 1. The van der Waals surface area contributed by atoms with Crippen LogP contribution in [-0.2, 0) is 6.42 Å². The summed E-state index contributed by atoms with van der Waals surface area (Å²) in [5.74, 6) is 1.99. The Balaban J connectivity index is 1.63. The van der Waals surface area contributed by atoms with Crippen LogP contribution < -0.4 is 10.1 Å². The molecule has 0 bridgehead atoms. The lowest BCUT2D eigenvalue weighted by Gasteiger charge is -2.06. The smallest absolute Gasteiger partial charge is 0.119 e. The van der Waals surface area contributed by atoms with Gasteiger partial charge in [-0.1, -0.05) is 25.0 Å². The van der Waals surface area contributed by atoms with E-state index in [9.17, 15) is 0 Å². The molecule has 0 heterocycles. The van der Waals surface area contributed by atoms with E-state index in [4.69, 9.17) is 4.74 Å². The molecule has 16 heavy (non-hydrogen) atoms. The second kappa shape index (κ2) is 5.90. The monoisotopic (exact) mass is 219 g/mol. The number of ether oxygens (including phenoxy) is 1. The van der Waals surface area contributed by atoms with E-state index in [1.54, 1.807) is 7.11 Å². The summed E-state index contributed by atoms with van der Waals surface area (Å²) in [6.07, 6.45) is 5.36. The molecule has 0 radical (unpaired) electrons. The van der Waals surface area contributed by atoms with Gasteiger partial charge in [-0.2, -0.15) is 0 Å². The van der Waals surface area contributed by atoms with Crippen molar-refractivity contribution in [1.82, 2.24) is 5.32 Å². The molecule has 1 N–H and O–H groups in total. The summed E-state index contributed by atoms with van der Waals surface area (Å²) >= 11 is 0. The number of benzene rings is 1. The van der Waals surface area contributed by atoms with Crippen LogP contribution in [0.15, 0.2) is 24.3 Å². The van der Waals surface area contributed by atoms with Gasteiger partial charge in [-0.05, 0) is 49.5 Å². The molecule has 88 valence electrons. The summed E-state index contributed by atoms with van der Waals surface area (Å²) < 4.78 is 5.20. The summed E-state index contributed by atoms with van der Waals surface area (Å²) in [7, 11) is 1.72. The maximum Gasteiger partial charge on any atom is 0.119 e. The first-order valence-corrected chi connectivity index (χ1v) is 6.22. The average molecular weight is 219 g/mol. The fourth-order valence-electron chi connectivity index (χ4n) is 1.90. The normalized spacial score (nSPS) is 15.1. The average Bonchev–Trinajstić information content (AvgIpc) is 3.13. The van der Waals surface area contributed by atoms with Crippen LogP contribution in [0.5, 0.6) is 5.75 Å². The van der Waals surface area contributed by atoms with Gasteiger partial charge in [-0.25, -0.2) is 0 Å². The van der Waals surface area contributed by atoms with Crippen LogP contribution in [0, 0.1) is 5.92 Å². The van der Waals surface area contributed by atoms with Crippen molar-refractivity contribution < 1.29 is 4.74 Å². The first-order chi connectivity index (χ1) is 7.88. The lowest BCUT2D eigenvalue weighted by molar-refractivity contribution is 0.414. The lowest BCUT2D eigenvalue weighted by Crippen LogP contribution is -2.18. The molecule has 1 aromatic carbocycles. The predicted molar refractivity (Wildman–Crippen MR) is 66.9 cm³/mol. The molecular formula is C14H21NO. The quantitative estimate of drug-likeness (QED) is 0.712. The van der Waals surface area contributed by atoms with E-state index in [1.807, 2.05) is 6.07 Å². The molecule has 1 saturated carbocycles. The van der Waals surface area contributed by atoms with Crippen molar-refractivity contribution in [1.29, 1.82) is 0 Å². The van der Waals surface area contributed by atoms with Crippen LogP contribution >= 0.6 is 0 Å². The Morgan fingerprint density at radius 1 is 1.31 bits per heavy atom. The van der Waals surface area contributed by atoms with E-state index in [1.165, 1.54) is 31.4 Å². The van der Waals surface area contributed by atoms with Crippen molar-refractivity contribution in [2.75, 3.05) is 20.2 Å². The molecule has 0 aromatic heterocycles. The molecule has 1 aliphatic carbocycles. The number of hydrogen-bond acceptors (Lipinski definition) is 2. The summed E-state index contributed by atoms with van der Waals surface area (Å²) in [6.45, 7) is 2.24.